The van der Waals surface area contributed by atoms with Crippen molar-refractivity contribution in [1.82, 2.24) is 4.90 Å². The SMILES string of the molecule is C=C(CN1C(C)(C)COCC1(C)C)OC(=C)C(=O)O.CC. The lowest BCUT2D eigenvalue weighted by atomic mass is 9.91. The molecule has 5 nitrogen and oxygen atoms in total. The second kappa shape index (κ2) is 7.61. The van der Waals surface area contributed by atoms with Crippen molar-refractivity contribution in [1.29, 1.82) is 0 Å². The predicted molar refractivity (Wildman–Crippen MR) is 84.0 cm³/mol. The van der Waals surface area contributed by atoms with Crippen LogP contribution < -0.4 is 0 Å². The van der Waals surface area contributed by atoms with E-state index in [1.807, 2.05) is 13.8 Å². The first-order valence-corrected chi connectivity index (χ1v) is 7.19. The highest BCUT2D eigenvalue weighted by Crippen LogP contribution is 2.31. The van der Waals surface area contributed by atoms with Gasteiger partial charge in [-0.2, -0.15) is 0 Å². The van der Waals surface area contributed by atoms with E-state index < -0.39 is 5.97 Å². The Kier molecular flexibility index (Phi) is 7.13. The number of hydrogen-bond acceptors (Lipinski definition) is 4. The number of carbonyl (C=O) groups is 1. The largest absolute Gasteiger partial charge is 0.475 e. The van der Waals surface area contributed by atoms with E-state index >= 15 is 0 Å². The first kappa shape index (κ1) is 19.7. The van der Waals surface area contributed by atoms with Crippen molar-refractivity contribution >= 4 is 5.97 Å². The Hall–Kier alpha value is -1.33. The third-order valence-corrected chi connectivity index (χ3v) is 3.21. The van der Waals surface area contributed by atoms with Crippen molar-refractivity contribution in [3.8, 4) is 0 Å². The minimum atomic E-state index is -1.18. The smallest absolute Gasteiger partial charge is 0.371 e. The number of carboxylic acids is 1. The van der Waals surface area contributed by atoms with Gasteiger partial charge in [0.1, 0.15) is 5.76 Å². The molecule has 21 heavy (non-hydrogen) atoms. The van der Waals surface area contributed by atoms with Gasteiger partial charge in [-0.25, -0.2) is 4.79 Å². The summed E-state index contributed by atoms with van der Waals surface area (Å²) < 4.78 is 10.7. The van der Waals surface area contributed by atoms with Gasteiger partial charge >= 0.3 is 5.97 Å². The molecule has 1 rings (SSSR count). The van der Waals surface area contributed by atoms with E-state index in [9.17, 15) is 4.79 Å². The zero-order valence-electron chi connectivity index (χ0n) is 14.2. The Labute approximate surface area is 128 Å². The molecule has 0 saturated carbocycles. The first-order chi connectivity index (χ1) is 9.56. The molecule has 5 heteroatoms. The molecule has 1 aliphatic rings. The van der Waals surface area contributed by atoms with Crippen molar-refractivity contribution in [3.05, 3.63) is 24.7 Å². The minimum absolute atomic E-state index is 0.168. The van der Waals surface area contributed by atoms with E-state index in [0.717, 1.165) is 0 Å². The zero-order chi connectivity index (χ0) is 16.8. The molecule has 0 amide bonds. The Balaban J connectivity index is 0.00000191. The van der Waals surface area contributed by atoms with Gasteiger partial charge in [-0.1, -0.05) is 20.4 Å². The Morgan fingerprint density at radius 3 is 2.00 bits per heavy atom. The molecule has 1 fully saturated rings. The topological polar surface area (TPSA) is 59.0 Å². The van der Waals surface area contributed by atoms with Gasteiger partial charge in [-0.15, -0.1) is 0 Å². The summed E-state index contributed by atoms with van der Waals surface area (Å²) in [6.07, 6.45) is 0. The minimum Gasteiger partial charge on any atom is -0.475 e. The number of aliphatic carboxylic acids is 1. The second-order valence-corrected chi connectivity index (χ2v) is 6.07. The van der Waals surface area contributed by atoms with Crippen LogP contribution in [0.3, 0.4) is 0 Å². The van der Waals surface area contributed by atoms with Crippen molar-refractivity contribution in [2.45, 2.75) is 52.6 Å². The quantitative estimate of drug-likeness (QED) is 0.624. The van der Waals surface area contributed by atoms with Crippen LogP contribution in [0.15, 0.2) is 24.7 Å². The number of ether oxygens (including phenoxy) is 2. The molecule has 0 aromatic heterocycles. The molecule has 0 aromatic rings. The maximum absolute atomic E-state index is 10.7. The van der Waals surface area contributed by atoms with Gasteiger partial charge in [-0.3, -0.25) is 4.90 Å². The number of hydrogen-bond donors (Lipinski definition) is 1. The normalized spacial score (nSPS) is 19.9. The van der Waals surface area contributed by atoms with E-state index in [1.165, 1.54) is 0 Å². The van der Waals surface area contributed by atoms with Gasteiger partial charge in [-0.05, 0) is 34.3 Å². The summed E-state index contributed by atoms with van der Waals surface area (Å²) >= 11 is 0. The lowest BCUT2D eigenvalue weighted by Gasteiger charge is -2.52. The molecule has 0 radical (unpaired) electrons. The molecule has 0 spiro atoms. The van der Waals surface area contributed by atoms with Gasteiger partial charge in [0.15, 0.2) is 0 Å². The van der Waals surface area contributed by atoms with Gasteiger partial charge in [0.25, 0.3) is 0 Å². The molecule has 0 aromatic carbocycles. The van der Waals surface area contributed by atoms with Crippen molar-refractivity contribution in [3.63, 3.8) is 0 Å². The first-order valence-electron chi connectivity index (χ1n) is 7.19. The summed E-state index contributed by atoms with van der Waals surface area (Å²) in [4.78, 5) is 12.9. The molecule has 1 aliphatic heterocycles. The van der Waals surface area contributed by atoms with Gasteiger partial charge in [0, 0.05) is 11.1 Å². The molecule has 0 bridgehead atoms. The third-order valence-electron chi connectivity index (χ3n) is 3.21. The zero-order valence-corrected chi connectivity index (χ0v) is 14.2. The van der Waals surface area contributed by atoms with E-state index in [0.29, 0.717) is 25.5 Å². The summed E-state index contributed by atoms with van der Waals surface area (Å²) in [6.45, 7) is 21.1. The van der Waals surface area contributed by atoms with Crippen LogP contribution in [0.2, 0.25) is 0 Å². The summed E-state index contributed by atoms with van der Waals surface area (Å²) in [6, 6.07) is 0. The molecule has 0 atom stereocenters. The standard InChI is InChI=1S/C14H23NO4.C2H6/c1-10(19-11(2)12(16)17)7-15-13(3,4)8-18-9-14(15,5)6;1-2/h1-2,7-9H2,3-6H3,(H,16,17);1-2H3. The van der Waals surface area contributed by atoms with Crippen LogP contribution in [0.4, 0.5) is 0 Å². The second-order valence-electron chi connectivity index (χ2n) is 6.07. The van der Waals surface area contributed by atoms with E-state index in [-0.39, 0.29) is 16.8 Å². The highest BCUT2D eigenvalue weighted by atomic mass is 16.5. The number of morpholine rings is 1. The molecule has 1 heterocycles. The molecule has 122 valence electrons. The van der Waals surface area contributed by atoms with Crippen LogP contribution in [0.25, 0.3) is 0 Å². The monoisotopic (exact) mass is 299 g/mol. The average molecular weight is 299 g/mol. The van der Waals surface area contributed by atoms with Crippen LogP contribution in [0.5, 0.6) is 0 Å². The molecule has 0 unspecified atom stereocenters. The summed E-state index contributed by atoms with van der Waals surface area (Å²) in [5, 5.41) is 8.74. The lowest BCUT2D eigenvalue weighted by molar-refractivity contribution is -0.137. The van der Waals surface area contributed by atoms with E-state index in [1.54, 1.807) is 0 Å². The number of carboxylic acid groups (broad SMARTS) is 1. The van der Waals surface area contributed by atoms with Gasteiger partial charge < -0.3 is 14.6 Å². The Morgan fingerprint density at radius 2 is 1.62 bits per heavy atom. The van der Waals surface area contributed by atoms with Gasteiger partial charge in [0.2, 0.25) is 5.76 Å². The highest BCUT2D eigenvalue weighted by Gasteiger charge is 2.42. The van der Waals surface area contributed by atoms with Crippen molar-refractivity contribution < 1.29 is 19.4 Å². The summed E-state index contributed by atoms with van der Waals surface area (Å²) in [5.74, 6) is -1.12. The molecular weight excluding hydrogens is 270 g/mol. The molecule has 0 aliphatic carbocycles. The number of nitrogens with zero attached hydrogens (tertiary/aromatic N) is 1. The average Bonchev–Trinajstić information content (AvgIpc) is 2.36. The van der Waals surface area contributed by atoms with E-state index in [2.05, 4.69) is 45.8 Å². The van der Waals surface area contributed by atoms with Crippen LogP contribution >= 0.6 is 0 Å². The van der Waals surface area contributed by atoms with Crippen LogP contribution in [0.1, 0.15) is 41.5 Å². The summed E-state index contributed by atoms with van der Waals surface area (Å²) in [5.41, 5.74) is -0.336. The van der Waals surface area contributed by atoms with Crippen LogP contribution in [-0.2, 0) is 14.3 Å². The number of rotatable bonds is 5. The fraction of sp³-hybridized carbons (Fsp3) is 0.688. The fourth-order valence-corrected chi connectivity index (χ4v) is 2.38. The van der Waals surface area contributed by atoms with Gasteiger partial charge in [0.05, 0.1) is 19.8 Å². The third kappa shape index (κ3) is 5.52. The Morgan fingerprint density at radius 1 is 1.19 bits per heavy atom. The predicted octanol–water partition coefficient (Wildman–Crippen LogP) is 3.03. The van der Waals surface area contributed by atoms with Crippen molar-refractivity contribution in [2.75, 3.05) is 19.8 Å². The highest BCUT2D eigenvalue weighted by molar-refractivity contribution is 5.83. The molecule has 1 N–H and O–H groups in total. The fourth-order valence-electron chi connectivity index (χ4n) is 2.38. The Bertz CT molecular complexity index is 383. The molecular formula is C16H29NO4. The maximum Gasteiger partial charge on any atom is 0.371 e. The van der Waals surface area contributed by atoms with Crippen LogP contribution in [0, 0.1) is 0 Å². The maximum atomic E-state index is 10.7. The van der Waals surface area contributed by atoms with Crippen LogP contribution in [-0.4, -0.2) is 46.8 Å². The summed E-state index contributed by atoms with van der Waals surface area (Å²) in [7, 11) is 0. The van der Waals surface area contributed by atoms with E-state index in [4.69, 9.17) is 14.6 Å². The van der Waals surface area contributed by atoms with Crippen molar-refractivity contribution in [2.24, 2.45) is 0 Å². The molecule has 1 saturated heterocycles. The lowest BCUT2D eigenvalue weighted by Crippen LogP contribution is -2.63.